The van der Waals surface area contributed by atoms with Crippen molar-refractivity contribution in [2.75, 3.05) is 11.9 Å². The van der Waals surface area contributed by atoms with E-state index < -0.39 is 5.60 Å². The predicted molar refractivity (Wildman–Crippen MR) is 160 cm³/mol. The first-order valence-corrected chi connectivity index (χ1v) is 15.1. The highest BCUT2D eigenvalue weighted by atomic mass is 16.3. The fourth-order valence-electron chi connectivity index (χ4n) is 8.48. The number of urea groups is 1. The van der Waals surface area contributed by atoms with Gasteiger partial charge in [0.25, 0.3) is 0 Å². The van der Waals surface area contributed by atoms with E-state index in [1.54, 1.807) is 11.1 Å². The Morgan fingerprint density at radius 2 is 1.80 bits per heavy atom. The zero-order valence-corrected chi connectivity index (χ0v) is 23.8. The molecule has 2 aromatic rings. The van der Waals surface area contributed by atoms with Crippen LogP contribution in [0.2, 0.25) is 0 Å². The van der Waals surface area contributed by atoms with E-state index in [0.29, 0.717) is 42.4 Å². The molecule has 40 heavy (non-hydrogen) atoms. The van der Waals surface area contributed by atoms with E-state index in [2.05, 4.69) is 48.7 Å². The molecule has 4 aliphatic rings. The van der Waals surface area contributed by atoms with Gasteiger partial charge in [-0.2, -0.15) is 0 Å². The molecule has 0 radical (unpaired) electrons. The molecule has 210 valence electrons. The van der Waals surface area contributed by atoms with Crippen molar-refractivity contribution in [3.8, 4) is 0 Å². The van der Waals surface area contributed by atoms with Crippen molar-refractivity contribution >= 4 is 23.6 Å². The van der Waals surface area contributed by atoms with E-state index in [-0.39, 0.29) is 11.4 Å². The van der Waals surface area contributed by atoms with E-state index in [0.717, 1.165) is 56.2 Å². The summed E-state index contributed by atoms with van der Waals surface area (Å²) in [6.45, 7) is 4.85. The van der Waals surface area contributed by atoms with Crippen LogP contribution >= 0.6 is 0 Å². The summed E-state index contributed by atoms with van der Waals surface area (Å²) in [7, 11) is 0. The number of carbonyl (C=O) groups excluding carboxylic acids is 2. The van der Waals surface area contributed by atoms with E-state index in [1.807, 2.05) is 42.5 Å². The number of anilines is 1. The second-order valence-corrected chi connectivity index (χ2v) is 13.0. The fraction of sp³-hybridized carbons (Fsp3) is 0.486. The summed E-state index contributed by atoms with van der Waals surface area (Å²) in [6.07, 6.45) is 11.6. The van der Waals surface area contributed by atoms with Crippen LogP contribution in [0.4, 0.5) is 10.5 Å². The van der Waals surface area contributed by atoms with Crippen molar-refractivity contribution in [1.29, 1.82) is 0 Å². The molecule has 3 N–H and O–H groups in total. The quantitative estimate of drug-likeness (QED) is 0.351. The highest BCUT2D eigenvalue weighted by Crippen LogP contribution is 2.66. The number of hydrogen-bond acceptors (Lipinski definition) is 3. The monoisotopic (exact) mass is 538 g/mol. The molecule has 3 fully saturated rings. The summed E-state index contributed by atoms with van der Waals surface area (Å²) in [5.74, 6) is 2.19. The average molecular weight is 539 g/mol. The molecule has 0 aromatic heterocycles. The molecule has 0 aliphatic heterocycles. The Hall–Kier alpha value is -3.18. The lowest BCUT2D eigenvalue weighted by atomic mass is 9.50. The molecular weight excluding hydrogens is 496 g/mol. The number of hydrogen-bond donors (Lipinski definition) is 3. The van der Waals surface area contributed by atoms with Crippen molar-refractivity contribution in [1.82, 2.24) is 5.32 Å². The summed E-state index contributed by atoms with van der Waals surface area (Å²) >= 11 is 0. The Labute approximate surface area is 238 Å². The Bertz CT molecular complexity index is 1330. The van der Waals surface area contributed by atoms with Crippen LogP contribution in [0, 0.1) is 23.2 Å². The second kappa shape index (κ2) is 10.7. The second-order valence-electron chi connectivity index (χ2n) is 13.0. The molecule has 2 amide bonds. The van der Waals surface area contributed by atoms with Crippen LogP contribution in [0.3, 0.4) is 0 Å². The van der Waals surface area contributed by atoms with Crippen molar-refractivity contribution < 1.29 is 14.7 Å². The number of ketones is 1. The first-order valence-electron chi connectivity index (χ1n) is 15.1. The van der Waals surface area contributed by atoms with Gasteiger partial charge in [-0.15, -0.1) is 0 Å². The lowest BCUT2D eigenvalue weighted by Gasteiger charge is -2.55. The van der Waals surface area contributed by atoms with Crippen LogP contribution < -0.4 is 10.6 Å². The minimum Gasteiger partial charge on any atom is -0.390 e. The number of Topliss-reactive ketones (excluding diaryl/α,β-unsaturated/α-hetero) is 1. The Morgan fingerprint density at radius 1 is 1.02 bits per heavy atom. The number of fused-ring (bicyclic) bond motifs is 4. The van der Waals surface area contributed by atoms with Crippen molar-refractivity contribution in [3.63, 3.8) is 0 Å². The summed E-state index contributed by atoms with van der Waals surface area (Å²) in [5, 5.41) is 17.2. The van der Waals surface area contributed by atoms with Gasteiger partial charge in [0.2, 0.25) is 0 Å². The number of amides is 2. The van der Waals surface area contributed by atoms with Crippen LogP contribution in [0.5, 0.6) is 0 Å². The van der Waals surface area contributed by atoms with Crippen LogP contribution in [-0.2, 0) is 4.79 Å². The number of aliphatic hydroxyl groups is 1. The minimum absolute atomic E-state index is 0.103. The van der Waals surface area contributed by atoms with Gasteiger partial charge in [0.15, 0.2) is 0 Å². The number of carbonyl (C=O) groups is 2. The highest BCUT2D eigenvalue weighted by Gasteiger charge is 2.61. The van der Waals surface area contributed by atoms with Crippen LogP contribution in [0.1, 0.15) is 82.3 Å². The standard InChI is InChI=1S/C35H42N2O3/c1-34-22-30(24-12-10-23(11-13-24)7-6-20-36-33(39)37-26-8-4-3-5-9-26)32-28-17-15-27(38)21-25(28)14-16-29(32)31(34)18-19-35(34,2)40/h3-13,25,29-31,40H,14-22H2,1-2H3,(H2,36,37,39)/b7-6+/t25?,29?,30?,31?,34?,35-/m0/s1. The maximum atomic E-state index is 12.3. The van der Waals surface area contributed by atoms with Crippen LogP contribution in [0.15, 0.2) is 71.8 Å². The minimum atomic E-state index is -0.645. The smallest absolute Gasteiger partial charge is 0.319 e. The fourth-order valence-corrected chi connectivity index (χ4v) is 8.48. The first kappa shape index (κ1) is 27.0. The van der Waals surface area contributed by atoms with Gasteiger partial charge in [0.05, 0.1) is 5.60 Å². The largest absolute Gasteiger partial charge is 0.390 e. The number of rotatable bonds is 5. The van der Waals surface area contributed by atoms with Crippen molar-refractivity contribution in [3.05, 3.63) is 82.9 Å². The van der Waals surface area contributed by atoms with Gasteiger partial charge >= 0.3 is 6.03 Å². The normalized spacial score (nSPS) is 33.3. The van der Waals surface area contributed by atoms with E-state index in [1.165, 1.54) is 5.56 Å². The molecular formula is C35H42N2O3. The molecule has 2 aromatic carbocycles. The van der Waals surface area contributed by atoms with Gasteiger partial charge in [0, 0.05) is 36.4 Å². The third-order valence-electron chi connectivity index (χ3n) is 10.8. The zero-order chi connectivity index (χ0) is 27.9. The first-order chi connectivity index (χ1) is 19.2. The molecule has 0 bridgehead atoms. The topological polar surface area (TPSA) is 78.4 Å². The molecule has 5 unspecified atom stereocenters. The van der Waals surface area contributed by atoms with Crippen molar-refractivity contribution in [2.24, 2.45) is 23.2 Å². The van der Waals surface area contributed by atoms with E-state index >= 15 is 0 Å². The molecule has 3 saturated carbocycles. The number of benzene rings is 2. The zero-order valence-electron chi connectivity index (χ0n) is 23.8. The third-order valence-corrected chi connectivity index (χ3v) is 10.8. The molecule has 6 atom stereocenters. The van der Waals surface area contributed by atoms with Gasteiger partial charge in [-0.25, -0.2) is 4.79 Å². The Morgan fingerprint density at radius 3 is 2.58 bits per heavy atom. The molecule has 6 rings (SSSR count). The number of allylic oxidation sites excluding steroid dienone is 2. The highest BCUT2D eigenvalue weighted by molar-refractivity contribution is 5.89. The summed E-state index contributed by atoms with van der Waals surface area (Å²) in [6, 6.07) is 18.0. The SMILES string of the molecule is CC12CC(c3ccc(/C=C/CNC(=O)Nc4ccccc4)cc3)C3=C4CCC(=O)CC4CCC3C1CC[C@]2(C)O. The van der Waals surface area contributed by atoms with Crippen molar-refractivity contribution in [2.45, 2.75) is 76.7 Å². The summed E-state index contributed by atoms with van der Waals surface area (Å²) in [4.78, 5) is 24.5. The van der Waals surface area contributed by atoms with Gasteiger partial charge in [-0.05, 0) is 86.5 Å². The van der Waals surface area contributed by atoms with Crippen LogP contribution in [-0.4, -0.2) is 29.1 Å². The maximum absolute atomic E-state index is 12.3. The maximum Gasteiger partial charge on any atom is 0.319 e. The Kier molecular flexibility index (Phi) is 7.20. The van der Waals surface area contributed by atoms with Crippen LogP contribution in [0.25, 0.3) is 6.08 Å². The molecule has 0 saturated heterocycles. The molecule has 5 nitrogen and oxygen atoms in total. The molecule has 5 heteroatoms. The lowest BCUT2D eigenvalue weighted by molar-refractivity contribution is -0.121. The summed E-state index contributed by atoms with van der Waals surface area (Å²) < 4.78 is 0. The van der Waals surface area contributed by atoms with E-state index in [9.17, 15) is 14.7 Å². The number of nitrogens with one attached hydrogen (secondary N) is 2. The average Bonchev–Trinajstić information content (AvgIpc) is 3.19. The van der Waals surface area contributed by atoms with Gasteiger partial charge in [-0.3, -0.25) is 4.79 Å². The third kappa shape index (κ3) is 4.94. The molecule has 4 aliphatic carbocycles. The van der Waals surface area contributed by atoms with Gasteiger partial charge < -0.3 is 15.7 Å². The number of para-hydroxylation sites is 1. The van der Waals surface area contributed by atoms with Gasteiger partial charge in [0.1, 0.15) is 5.78 Å². The predicted octanol–water partition coefficient (Wildman–Crippen LogP) is 7.25. The summed E-state index contributed by atoms with van der Waals surface area (Å²) in [5.41, 5.74) is 5.65. The lowest BCUT2D eigenvalue weighted by Crippen LogP contribution is -2.50. The molecule has 0 heterocycles. The molecule has 0 spiro atoms. The van der Waals surface area contributed by atoms with Gasteiger partial charge in [-0.1, -0.05) is 72.7 Å². The Balaban J connectivity index is 1.20. The van der Waals surface area contributed by atoms with E-state index in [4.69, 9.17) is 0 Å².